The van der Waals surface area contributed by atoms with Gasteiger partial charge in [0.1, 0.15) is 18.1 Å². The van der Waals surface area contributed by atoms with Crippen LogP contribution in [0.4, 0.5) is 5.13 Å². The molecule has 0 saturated heterocycles. The SMILES string of the molecule is CCOC(=O)c1sc(NC(=O)Cc2cc(Cl)c3c(c2)OCCO3)nc1C. The summed E-state index contributed by atoms with van der Waals surface area (Å²) in [7, 11) is 0. The quantitative estimate of drug-likeness (QED) is 0.781. The van der Waals surface area contributed by atoms with Crippen LogP contribution in [0, 0.1) is 6.92 Å². The van der Waals surface area contributed by atoms with Gasteiger partial charge in [0, 0.05) is 0 Å². The molecular weight excluding hydrogens is 380 g/mol. The van der Waals surface area contributed by atoms with Gasteiger partial charge in [-0.05, 0) is 31.5 Å². The molecule has 0 unspecified atom stereocenters. The largest absolute Gasteiger partial charge is 0.486 e. The second-order valence-corrected chi connectivity index (χ2v) is 6.89. The van der Waals surface area contributed by atoms with E-state index in [0.29, 0.717) is 51.0 Å². The number of fused-ring (bicyclic) bond motifs is 1. The third-order valence-electron chi connectivity index (χ3n) is 3.53. The zero-order valence-corrected chi connectivity index (χ0v) is 15.8. The summed E-state index contributed by atoms with van der Waals surface area (Å²) in [6, 6.07) is 3.41. The van der Waals surface area contributed by atoms with Crippen molar-refractivity contribution in [2.75, 3.05) is 25.1 Å². The zero-order chi connectivity index (χ0) is 18.7. The Labute approximate surface area is 159 Å². The maximum absolute atomic E-state index is 12.3. The Morgan fingerprint density at radius 3 is 2.88 bits per heavy atom. The molecule has 1 aromatic carbocycles. The normalized spacial score (nSPS) is 12.6. The van der Waals surface area contributed by atoms with E-state index in [0.717, 1.165) is 11.3 Å². The molecule has 1 aliphatic rings. The minimum atomic E-state index is -0.443. The highest BCUT2D eigenvalue weighted by Gasteiger charge is 2.20. The summed E-state index contributed by atoms with van der Waals surface area (Å²) >= 11 is 7.27. The highest BCUT2D eigenvalue weighted by atomic mass is 35.5. The van der Waals surface area contributed by atoms with Gasteiger partial charge in [0.2, 0.25) is 5.91 Å². The van der Waals surface area contributed by atoms with Crippen LogP contribution in [0.25, 0.3) is 0 Å². The minimum Gasteiger partial charge on any atom is -0.486 e. The Bertz CT molecular complexity index is 852. The summed E-state index contributed by atoms with van der Waals surface area (Å²) in [5.74, 6) is 0.307. The first-order chi connectivity index (χ1) is 12.5. The average Bonchev–Trinajstić information content (AvgIpc) is 2.95. The highest BCUT2D eigenvalue weighted by molar-refractivity contribution is 7.17. The van der Waals surface area contributed by atoms with E-state index in [9.17, 15) is 9.59 Å². The number of nitrogens with one attached hydrogen (secondary N) is 1. The molecular formula is C17H17ClN2O5S. The van der Waals surface area contributed by atoms with Gasteiger partial charge in [-0.25, -0.2) is 9.78 Å². The van der Waals surface area contributed by atoms with E-state index in [1.165, 1.54) is 0 Å². The molecule has 0 bridgehead atoms. The number of halogens is 1. The van der Waals surface area contributed by atoms with E-state index in [-0.39, 0.29) is 18.9 Å². The number of rotatable bonds is 5. The first kappa shape index (κ1) is 18.5. The number of aryl methyl sites for hydroxylation is 1. The fourth-order valence-corrected chi connectivity index (χ4v) is 3.62. The predicted octanol–water partition coefficient (Wildman–Crippen LogP) is 3.23. The molecule has 1 aromatic heterocycles. The van der Waals surface area contributed by atoms with Crippen molar-refractivity contribution < 1.29 is 23.8 Å². The summed E-state index contributed by atoms with van der Waals surface area (Å²) in [5.41, 5.74) is 1.21. The van der Waals surface area contributed by atoms with Crippen molar-refractivity contribution in [3.63, 3.8) is 0 Å². The molecule has 1 N–H and O–H groups in total. The maximum Gasteiger partial charge on any atom is 0.350 e. The van der Waals surface area contributed by atoms with Crippen LogP contribution >= 0.6 is 22.9 Å². The molecule has 2 aromatic rings. The Hall–Kier alpha value is -2.32. The molecule has 0 radical (unpaired) electrons. The summed E-state index contributed by atoms with van der Waals surface area (Å²) in [6.07, 6.45) is 0.0870. The van der Waals surface area contributed by atoms with E-state index in [1.807, 2.05) is 0 Å². The van der Waals surface area contributed by atoms with Crippen molar-refractivity contribution in [1.29, 1.82) is 0 Å². The van der Waals surface area contributed by atoms with Gasteiger partial charge in [-0.15, -0.1) is 0 Å². The topological polar surface area (TPSA) is 86.8 Å². The molecule has 2 heterocycles. The number of benzene rings is 1. The molecule has 0 fully saturated rings. The van der Waals surface area contributed by atoms with Gasteiger partial charge >= 0.3 is 5.97 Å². The number of carbonyl (C=O) groups excluding carboxylic acids is 2. The molecule has 1 amide bonds. The first-order valence-electron chi connectivity index (χ1n) is 8.00. The number of hydrogen-bond acceptors (Lipinski definition) is 7. The minimum absolute atomic E-state index is 0.0870. The number of thiazole rings is 1. The number of aromatic nitrogens is 1. The van der Waals surface area contributed by atoms with Gasteiger partial charge < -0.3 is 19.5 Å². The number of esters is 1. The molecule has 9 heteroatoms. The second kappa shape index (κ2) is 7.92. The molecule has 7 nitrogen and oxygen atoms in total. The number of hydrogen-bond donors (Lipinski definition) is 1. The van der Waals surface area contributed by atoms with Crippen molar-refractivity contribution in [2.45, 2.75) is 20.3 Å². The van der Waals surface area contributed by atoms with Gasteiger partial charge in [-0.2, -0.15) is 0 Å². The predicted molar refractivity (Wildman–Crippen MR) is 97.6 cm³/mol. The number of ether oxygens (including phenoxy) is 3. The standard InChI is InChI=1S/C17H17ClN2O5S/c1-3-23-16(22)15-9(2)19-17(26-15)20-13(21)8-10-6-11(18)14-12(7-10)24-4-5-25-14/h6-7H,3-5,8H2,1-2H3,(H,19,20,21). The van der Waals surface area contributed by atoms with Crippen LogP contribution in [0.2, 0.25) is 5.02 Å². The average molecular weight is 397 g/mol. The molecule has 1 aliphatic heterocycles. The first-order valence-corrected chi connectivity index (χ1v) is 9.19. The molecule has 0 spiro atoms. The molecule has 26 heavy (non-hydrogen) atoms. The van der Waals surface area contributed by atoms with E-state index in [4.69, 9.17) is 25.8 Å². The third-order valence-corrected chi connectivity index (χ3v) is 4.86. The Morgan fingerprint density at radius 1 is 1.35 bits per heavy atom. The second-order valence-electron chi connectivity index (χ2n) is 5.48. The van der Waals surface area contributed by atoms with Crippen LogP contribution in [-0.4, -0.2) is 36.7 Å². The van der Waals surface area contributed by atoms with Crippen molar-refractivity contribution >= 4 is 39.9 Å². The van der Waals surface area contributed by atoms with E-state index in [1.54, 1.807) is 26.0 Å². The molecule has 0 saturated carbocycles. The number of amides is 1. The van der Waals surface area contributed by atoms with Crippen molar-refractivity contribution in [3.05, 3.63) is 33.3 Å². The van der Waals surface area contributed by atoms with Gasteiger partial charge in [-0.3, -0.25) is 4.79 Å². The van der Waals surface area contributed by atoms with Crippen molar-refractivity contribution in [1.82, 2.24) is 4.98 Å². The number of carbonyl (C=O) groups is 2. The summed E-state index contributed by atoms with van der Waals surface area (Å²) in [4.78, 5) is 28.7. The van der Waals surface area contributed by atoms with Crippen molar-refractivity contribution in [2.24, 2.45) is 0 Å². The van der Waals surface area contributed by atoms with Gasteiger partial charge in [0.25, 0.3) is 0 Å². The van der Waals surface area contributed by atoms with Gasteiger partial charge in [0.15, 0.2) is 16.6 Å². The van der Waals surface area contributed by atoms with Crippen LogP contribution in [0.15, 0.2) is 12.1 Å². The lowest BCUT2D eigenvalue weighted by atomic mass is 10.1. The smallest absolute Gasteiger partial charge is 0.350 e. The summed E-state index contributed by atoms with van der Waals surface area (Å²) in [5, 5.41) is 3.44. The maximum atomic E-state index is 12.3. The lowest BCUT2D eigenvalue weighted by Crippen LogP contribution is -2.17. The van der Waals surface area contributed by atoms with E-state index in [2.05, 4.69) is 10.3 Å². The van der Waals surface area contributed by atoms with Gasteiger partial charge in [0.05, 0.1) is 23.7 Å². The van der Waals surface area contributed by atoms with Gasteiger partial charge in [-0.1, -0.05) is 22.9 Å². The van der Waals surface area contributed by atoms with Crippen LogP contribution in [0.3, 0.4) is 0 Å². The van der Waals surface area contributed by atoms with Crippen LogP contribution in [0.1, 0.15) is 27.9 Å². The molecule has 0 atom stereocenters. The summed E-state index contributed by atoms with van der Waals surface area (Å²) < 4.78 is 15.9. The number of anilines is 1. The Morgan fingerprint density at radius 2 is 2.12 bits per heavy atom. The Balaban J connectivity index is 1.69. The lowest BCUT2D eigenvalue weighted by molar-refractivity contribution is -0.115. The fourth-order valence-electron chi connectivity index (χ4n) is 2.45. The zero-order valence-electron chi connectivity index (χ0n) is 14.3. The Kier molecular flexibility index (Phi) is 5.63. The molecule has 3 rings (SSSR count). The fraction of sp³-hybridized carbons (Fsp3) is 0.353. The van der Waals surface area contributed by atoms with E-state index >= 15 is 0 Å². The molecule has 138 valence electrons. The third kappa shape index (κ3) is 4.08. The summed E-state index contributed by atoms with van der Waals surface area (Å²) in [6.45, 7) is 4.59. The van der Waals surface area contributed by atoms with Crippen LogP contribution in [0.5, 0.6) is 11.5 Å². The van der Waals surface area contributed by atoms with Crippen molar-refractivity contribution in [3.8, 4) is 11.5 Å². The van der Waals surface area contributed by atoms with Crippen LogP contribution < -0.4 is 14.8 Å². The number of nitrogens with zero attached hydrogens (tertiary/aromatic N) is 1. The highest BCUT2D eigenvalue weighted by Crippen LogP contribution is 2.38. The monoisotopic (exact) mass is 396 g/mol. The van der Waals surface area contributed by atoms with Crippen LogP contribution in [-0.2, 0) is 16.0 Å². The lowest BCUT2D eigenvalue weighted by Gasteiger charge is -2.20. The molecule has 0 aliphatic carbocycles. The van der Waals surface area contributed by atoms with E-state index < -0.39 is 5.97 Å².